The van der Waals surface area contributed by atoms with Crippen molar-refractivity contribution in [2.45, 2.75) is 19.9 Å². The molecule has 170 valence electrons. The molecule has 0 unspecified atom stereocenters. The van der Waals surface area contributed by atoms with E-state index in [-0.39, 0.29) is 5.82 Å². The third-order valence-electron chi connectivity index (χ3n) is 6.05. The zero-order valence-corrected chi connectivity index (χ0v) is 18.9. The van der Waals surface area contributed by atoms with Gasteiger partial charge in [-0.3, -0.25) is 4.99 Å². The summed E-state index contributed by atoms with van der Waals surface area (Å²) in [7, 11) is 1.77. The van der Waals surface area contributed by atoms with Gasteiger partial charge in [-0.2, -0.15) is 0 Å². The van der Waals surface area contributed by atoms with Crippen LogP contribution in [-0.2, 0) is 13.0 Å². The van der Waals surface area contributed by atoms with E-state index in [0.29, 0.717) is 13.1 Å². The maximum absolute atomic E-state index is 13.6. The molecule has 1 fully saturated rings. The lowest BCUT2D eigenvalue weighted by molar-refractivity contribution is 0.270. The van der Waals surface area contributed by atoms with Crippen LogP contribution >= 0.6 is 0 Å². The number of hydrogen-bond acceptors (Lipinski definition) is 4. The number of likely N-dealkylation sites (N-methyl/N-ethyl adjacent to an activating group) is 1. The van der Waals surface area contributed by atoms with Gasteiger partial charge in [0.15, 0.2) is 5.96 Å². The summed E-state index contributed by atoms with van der Waals surface area (Å²) in [5, 5.41) is 7.65. The Morgan fingerprint density at radius 3 is 2.78 bits per heavy atom. The zero-order valence-electron chi connectivity index (χ0n) is 18.9. The van der Waals surface area contributed by atoms with E-state index in [1.807, 2.05) is 18.5 Å². The Morgan fingerprint density at radius 2 is 2.00 bits per heavy atom. The first kappa shape index (κ1) is 22.1. The molecule has 3 N–H and O–H groups in total. The number of H-pyrrole nitrogens is 1. The van der Waals surface area contributed by atoms with Crippen molar-refractivity contribution in [3.05, 3.63) is 59.7 Å². The number of rotatable bonds is 7. The lowest BCUT2D eigenvalue weighted by atomic mass is 10.1. The van der Waals surface area contributed by atoms with E-state index in [1.165, 1.54) is 11.6 Å². The van der Waals surface area contributed by atoms with Gasteiger partial charge in [0.05, 0.1) is 0 Å². The molecule has 1 aliphatic rings. The second kappa shape index (κ2) is 10.5. The Balaban J connectivity index is 1.28. The molecular formula is C24H32FN7. The van der Waals surface area contributed by atoms with Crippen molar-refractivity contribution in [2.24, 2.45) is 4.99 Å². The highest BCUT2D eigenvalue weighted by Gasteiger charge is 2.16. The summed E-state index contributed by atoms with van der Waals surface area (Å²) in [6, 6.07) is 9.02. The summed E-state index contributed by atoms with van der Waals surface area (Å²) in [5.74, 6) is 1.56. The van der Waals surface area contributed by atoms with Crippen LogP contribution in [-0.4, -0.2) is 67.1 Å². The number of nitrogens with one attached hydrogen (secondary N) is 3. The number of anilines is 1. The van der Waals surface area contributed by atoms with Crippen LogP contribution in [0.1, 0.15) is 18.1 Å². The van der Waals surface area contributed by atoms with Gasteiger partial charge in [0.25, 0.3) is 0 Å². The number of aromatic nitrogens is 2. The number of piperazine rings is 1. The SMILES string of the molecule is CCN1CCN(c2cc(CNC(=NC)NCCc3c[nH]c4ccc(F)cc34)ccn2)CC1. The Morgan fingerprint density at radius 1 is 1.16 bits per heavy atom. The molecular weight excluding hydrogens is 405 g/mol. The molecule has 1 aromatic carbocycles. The Hall–Kier alpha value is -3.13. The van der Waals surface area contributed by atoms with Crippen molar-refractivity contribution in [3.8, 4) is 0 Å². The lowest BCUT2D eigenvalue weighted by Crippen LogP contribution is -2.46. The Kier molecular flexibility index (Phi) is 7.21. The average molecular weight is 438 g/mol. The highest BCUT2D eigenvalue weighted by molar-refractivity contribution is 5.83. The molecule has 0 saturated carbocycles. The minimum Gasteiger partial charge on any atom is -0.361 e. The molecule has 0 atom stereocenters. The Labute approximate surface area is 188 Å². The largest absolute Gasteiger partial charge is 0.361 e. The number of guanidine groups is 1. The quantitative estimate of drug-likeness (QED) is 0.392. The molecule has 1 aliphatic heterocycles. The topological polar surface area (TPSA) is 71.6 Å². The molecule has 3 aromatic rings. The van der Waals surface area contributed by atoms with Crippen molar-refractivity contribution >= 4 is 22.7 Å². The molecule has 2 aromatic heterocycles. The maximum Gasteiger partial charge on any atom is 0.191 e. The first-order valence-corrected chi connectivity index (χ1v) is 11.3. The Bertz CT molecular complexity index is 1050. The summed E-state index contributed by atoms with van der Waals surface area (Å²) < 4.78 is 13.6. The van der Waals surface area contributed by atoms with Crippen molar-refractivity contribution in [2.75, 3.05) is 51.2 Å². The van der Waals surface area contributed by atoms with Gasteiger partial charge in [-0.05, 0) is 54.4 Å². The number of benzene rings is 1. The second-order valence-electron chi connectivity index (χ2n) is 8.05. The molecule has 0 spiro atoms. The molecule has 0 radical (unpaired) electrons. The van der Waals surface area contributed by atoms with E-state index in [2.05, 4.69) is 48.4 Å². The van der Waals surface area contributed by atoms with Gasteiger partial charge in [-0.1, -0.05) is 6.92 Å². The van der Waals surface area contributed by atoms with E-state index in [9.17, 15) is 4.39 Å². The van der Waals surface area contributed by atoms with Gasteiger partial charge >= 0.3 is 0 Å². The molecule has 0 aliphatic carbocycles. The standard InChI is InChI=1S/C24H32FN7/c1-3-31-10-12-32(13-11-31)23-14-18(6-8-27-23)16-30-24(26-2)28-9-7-19-17-29-22-5-4-20(25)15-21(19)22/h4-6,8,14-15,17,29H,3,7,9-13,16H2,1-2H3,(H2,26,28,30). The monoisotopic (exact) mass is 437 g/mol. The van der Waals surface area contributed by atoms with Crippen LogP contribution < -0.4 is 15.5 Å². The minimum absolute atomic E-state index is 0.215. The molecule has 0 amide bonds. The average Bonchev–Trinajstić information content (AvgIpc) is 3.23. The van der Waals surface area contributed by atoms with E-state index in [0.717, 1.165) is 67.4 Å². The predicted molar refractivity (Wildman–Crippen MR) is 129 cm³/mol. The van der Waals surface area contributed by atoms with Gasteiger partial charge in [0, 0.05) is 69.6 Å². The van der Waals surface area contributed by atoms with Gasteiger partial charge in [0.1, 0.15) is 11.6 Å². The summed E-state index contributed by atoms with van der Waals surface area (Å²) in [6.07, 6.45) is 4.60. The smallest absolute Gasteiger partial charge is 0.191 e. The van der Waals surface area contributed by atoms with Gasteiger partial charge in [-0.15, -0.1) is 0 Å². The van der Waals surface area contributed by atoms with Crippen LogP contribution in [0, 0.1) is 5.82 Å². The zero-order chi connectivity index (χ0) is 22.3. The summed E-state index contributed by atoms with van der Waals surface area (Å²) in [4.78, 5) is 16.9. The lowest BCUT2D eigenvalue weighted by Gasteiger charge is -2.34. The molecule has 32 heavy (non-hydrogen) atoms. The van der Waals surface area contributed by atoms with E-state index in [1.54, 1.807) is 19.2 Å². The highest BCUT2D eigenvalue weighted by Crippen LogP contribution is 2.19. The van der Waals surface area contributed by atoms with Crippen LogP contribution in [0.2, 0.25) is 0 Å². The number of aromatic amines is 1. The fraction of sp³-hybridized carbons (Fsp3) is 0.417. The number of aliphatic imine (C=N–C) groups is 1. The van der Waals surface area contributed by atoms with Crippen molar-refractivity contribution in [1.29, 1.82) is 0 Å². The molecule has 7 nitrogen and oxygen atoms in total. The fourth-order valence-corrected chi connectivity index (χ4v) is 4.12. The van der Waals surface area contributed by atoms with Gasteiger partial charge < -0.3 is 25.4 Å². The molecule has 3 heterocycles. The maximum atomic E-state index is 13.6. The summed E-state index contributed by atoms with van der Waals surface area (Å²) in [5.41, 5.74) is 3.21. The first-order valence-electron chi connectivity index (χ1n) is 11.3. The second-order valence-corrected chi connectivity index (χ2v) is 8.05. The van der Waals surface area contributed by atoms with E-state index in [4.69, 9.17) is 0 Å². The van der Waals surface area contributed by atoms with Crippen LogP contribution in [0.3, 0.4) is 0 Å². The summed E-state index contributed by atoms with van der Waals surface area (Å²) >= 11 is 0. The number of hydrogen-bond donors (Lipinski definition) is 3. The first-order chi connectivity index (χ1) is 15.7. The van der Waals surface area contributed by atoms with Crippen molar-refractivity contribution in [1.82, 2.24) is 25.5 Å². The number of halogens is 1. The normalized spacial score (nSPS) is 15.3. The summed E-state index contributed by atoms with van der Waals surface area (Å²) in [6.45, 7) is 8.88. The van der Waals surface area contributed by atoms with E-state index < -0.39 is 0 Å². The van der Waals surface area contributed by atoms with Crippen LogP contribution in [0.4, 0.5) is 10.2 Å². The number of fused-ring (bicyclic) bond motifs is 1. The molecule has 1 saturated heterocycles. The fourth-order valence-electron chi connectivity index (χ4n) is 4.12. The van der Waals surface area contributed by atoms with Crippen LogP contribution in [0.15, 0.2) is 47.7 Å². The number of pyridine rings is 1. The molecule has 4 rings (SSSR count). The predicted octanol–water partition coefficient (Wildman–Crippen LogP) is 2.75. The van der Waals surface area contributed by atoms with Crippen LogP contribution in [0.5, 0.6) is 0 Å². The molecule has 8 heteroatoms. The highest BCUT2D eigenvalue weighted by atomic mass is 19.1. The van der Waals surface area contributed by atoms with Crippen LogP contribution in [0.25, 0.3) is 10.9 Å². The third-order valence-corrected chi connectivity index (χ3v) is 6.05. The van der Waals surface area contributed by atoms with E-state index >= 15 is 0 Å². The van der Waals surface area contributed by atoms with Crippen molar-refractivity contribution in [3.63, 3.8) is 0 Å². The molecule has 0 bridgehead atoms. The number of nitrogens with zero attached hydrogens (tertiary/aromatic N) is 4. The van der Waals surface area contributed by atoms with Gasteiger partial charge in [0.2, 0.25) is 0 Å². The minimum atomic E-state index is -0.215. The van der Waals surface area contributed by atoms with Crippen molar-refractivity contribution < 1.29 is 4.39 Å². The van der Waals surface area contributed by atoms with Gasteiger partial charge in [-0.25, -0.2) is 9.37 Å². The third kappa shape index (κ3) is 5.37.